The Hall–Kier alpha value is -2.09. The third-order valence-corrected chi connectivity index (χ3v) is 3.16. The van der Waals surface area contributed by atoms with Gasteiger partial charge in [0, 0.05) is 12.7 Å². The van der Waals surface area contributed by atoms with Crippen LogP contribution in [0.25, 0.3) is 0 Å². The molecule has 0 amide bonds. The Bertz CT molecular complexity index is 562. The summed E-state index contributed by atoms with van der Waals surface area (Å²) >= 11 is 0. The number of anilines is 1. The summed E-state index contributed by atoms with van der Waals surface area (Å²) in [5, 5.41) is 0. The van der Waals surface area contributed by atoms with Crippen molar-refractivity contribution in [2.75, 3.05) is 11.9 Å². The van der Waals surface area contributed by atoms with Crippen molar-refractivity contribution in [2.24, 2.45) is 4.99 Å². The zero-order chi connectivity index (χ0) is 13.8. The average Bonchev–Trinajstić information content (AvgIpc) is 2.38. The van der Waals surface area contributed by atoms with Crippen LogP contribution in [0.15, 0.2) is 47.5 Å². The van der Waals surface area contributed by atoms with Crippen molar-refractivity contribution in [1.29, 1.82) is 0 Å². The number of para-hydroxylation sites is 1. The number of aliphatic imine (C=N–C) groups is 1. The van der Waals surface area contributed by atoms with E-state index in [9.17, 15) is 0 Å². The summed E-state index contributed by atoms with van der Waals surface area (Å²) < 4.78 is 0. The molecule has 0 aliphatic rings. The zero-order valence-electron chi connectivity index (χ0n) is 12.0. The minimum atomic E-state index is 1.06. The van der Waals surface area contributed by atoms with E-state index in [0.29, 0.717) is 0 Å². The van der Waals surface area contributed by atoms with E-state index in [2.05, 4.69) is 50.0 Å². The first kappa shape index (κ1) is 13.3. The van der Waals surface area contributed by atoms with Crippen LogP contribution in [0.5, 0.6) is 0 Å². The molecule has 0 aliphatic carbocycles. The molecule has 0 saturated carbocycles. The van der Waals surface area contributed by atoms with E-state index in [1.807, 2.05) is 36.5 Å². The van der Waals surface area contributed by atoms with Crippen LogP contribution < -0.4 is 4.90 Å². The smallest absolute Gasteiger partial charge is 0.0954 e. The topological polar surface area (TPSA) is 15.6 Å². The molecule has 0 N–H and O–H groups in total. The first-order valence-electron chi connectivity index (χ1n) is 6.48. The summed E-state index contributed by atoms with van der Waals surface area (Å²) in [6, 6.07) is 14.6. The molecule has 0 unspecified atom stereocenters. The molecule has 2 aromatic carbocycles. The lowest BCUT2D eigenvalue weighted by Gasteiger charge is -2.13. The third-order valence-electron chi connectivity index (χ3n) is 3.16. The number of hydrogen-bond donors (Lipinski definition) is 0. The minimum Gasteiger partial charge on any atom is -0.336 e. The van der Waals surface area contributed by atoms with Crippen LogP contribution >= 0.6 is 0 Å². The lowest BCUT2D eigenvalue weighted by Crippen LogP contribution is -2.13. The summed E-state index contributed by atoms with van der Waals surface area (Å²) in [6.45, 7) is 6.33. The van der Waals surface area contributed by atoms with Gasteiger partial charge in [-0.1, -0.05) is 35.9 Å². The molecular formula is C17H20N2. The highest BCUT2D eigenvalue weighted by Crippen LogP contribution is 2.24. The van der Waals surface area contributed by atoms with Gasteiger partial charge in [-0.15, -0.1) is 0 Å². The molecule has 0 aromatic heterocycles. The second-order valence-corrected chi connectivity index (χ2v) is 4.94. The van der Waals surface area contributed by atoms with Crippen molar-refractivity contribution in [1.82, 2.24) is 0 Å². The van der Waals surface area contributed by atoms with Crippen molar-refractivity contribution >= 4 is 17.7 Å². The van der Waals surface area contributed by atoms with Gasteiger partial charge < -0.3 is 4.90 Å². The Labute approximate surface area is 115 Å². The quantitative estimate of drug-likeness (QED) is 0.583. The maximum absolute atomic E-state index is 4.62. The molecule has 2 rings (SSSR count). The molecular weight excluding hydrogens is 232 g/mol. The predicted octanol–water partition coefficient (Wildman–Crippen LogP) is 4.41. The highest BCUT2D eigenvalue weighted by molar-refractivity contribution is 5.81. The second-order valence-electron chi connectivity index (χ2n) is 4.94. The van der Waals surface area contributed by atoms with Crippen LogP contribution in [-0.2, 0) is 0 Å². The summed E-state index contributed by atoms with van der Waals surface area (Å²) in [4.78, 5) is 6.65. The monoisotopic (exact) mass is 252 g/mol. The minimum absolute atomic E-state index is 1.06. The summed E-state index contributed by atoms with van der Waals surface area (Å²) in [5.74, 6) is 0. The first-order valence-corrected chi connectivity index (χ1v) is 6.48. The van der Waals surface area contributed by atoms with Crippen LogP contribution in [0, 0.1) is 20.8 Å². The molecule has 19 heavy (non-hydrogen) atoms. The van der Waals surface area contributed by atoms with Gasteiger partial charge in [0.25, 0.3) is 0 Å². The lowest BCUT2D eigenvalue weighted by molar-refractivity contribution is 1.25. The molecule has 0 heterocycles. The van der Waals surface area contributed by atoms with Crippen molar-refractivity contribution in [3.8, 4) is 0 Å². The van der Waals surface area contributed by atoms with Gasteiger partial charge >= 0.3 is 0 Å². The van der Waals surface area contributed by atoms with Gasteiger partial charge in [-0.3, -0.25) is 0 Å². The van der Waals surface area contributed by atoms with Crippen LogP contribution in [-0.4, -0.2) is 13.4 Å². The van der Waals surface area contributed by atoms with Gasteiger partial charge in [-0.25, -0.2) is 4.99 Å². The summed E-state index contributed by atoms with van der Waals surface area (Å²) in [7, 11) is 2.01. The van der Waals surface area contributed by atoms with Crippen LogP contribution in [0.3, 0.4) is 0 Å². The van der Waals surface area contributed by atoms with E-state index >= 15 is 0 Å². The number of nitrogens with zero attached hydrogens (tertiary/aromatic N) is 2. The Kier molecular flexibility index (Phi) is 4.00. The van der Waals surface area contributed by atoms with Crippen molar-refractivity contribution in [3.63, 3.8) is 0 Å². The van der Waals surface area contributed by atoms with E-state index in [1.54, 1.807) is 0 Å². The van der Waals surface area contributed by atoms with Gasteiger partial charge in [0.2, 0.25) is 0 Å². The fourth-order valence-electron chi connectivity index (χ4n) is 2.25. The van der Waals surface area contributed by atoms with Crippen LogP contribution in [0.4, 0.5) is 11.4 Å². The van der Waals surface area contributed by atoms with Crippen molar-refractivity contribution in [3.05, 3.63) is 59.2 Å². The van der Waals surface area contributed by atoms with E-state index < -0.39 is 0 Å². The summed E-state index contributed by atoms with van der Waals surface area (Å²) in [5.41, 5.74) is 5.91. The maximum atomic E-state index is 4.62. The molecule has 2 nitrogen and oxygen atoms in total. The number of rotatable bonds is 3. The molecule has 0 aliphatic heterocycles. The van der Waals surface area contributed by atoms with E-state index in [1.165, 1.54) is 16.7 Å². The van der Waals surface area contributed by atoms with E-state index in [0.717, 1.165) is 11.4 Å². The van der Waals surface area contributed by atoms with Gasteiger partial charge in [0.15, 0.2) is 0 Å². The Morgan fingerprint density at radius 3 is 2.11 bits per heavy atom. The molecule has 0 bridgehead atoms. The second kappa shape index (κ2) is 5.70. The highest BCUT2D eigenvalue weighted by Gasteiger charge is 2.02. The molecule has 0 fully saturated rings. The molecule has 0 atom stereocenters. The summed E-state index contributed by atoms with van der Waals surface area (Å²) in [6.07, 6.45) is 1.88. The lowest BCUT2D eigenvalue weighted by atomic mass is 10.1. The number of hydrogen-bond acceptors (Lipinski definition) is 1. The Morgan fingerprint density at radius 1 is 0.947 bits per heavy atom. The first-order chi connectivity index (χ1) is 9.08. The number of benzene rings is 2. The molecule has 0 saturated heterocycles. The Morgan fingerprint density at radius 2 is 1.53 bits per heavy atom. The van der Waals surface area contributed by atoms with Gasteiger partial charge in [-0.2, -0.15) is 0 Å². The fourth-order valence-corrected chi connectivity index (χ4v) is 2.25. The molecule has 2 aromatic rings. The largest absolute Gasteiger partial charge is 0.336 e. The predicted molar refractivity (Wildman–Crippen MR) is 83.7 cm³/mol. The van der Waals surface area contributed by atoms with Crippen LogP contribution in [0.2, 0.25) is 0 Å². The van der Waals surface area contributed by atoms with Gasteiger partial charge in [0.05, 0.1) is 12.0 Å². The maximum Gasteiger partial charge on any atom is 0.0954 e. The average molecular weight is 252 g/mol. The highest BCUT2D eigenvalue weighted by atomic mass is 15.1. The standard InChI is InChI=1S/C17H20N2/c1-13-10-14(2)17(15(3)11-13)18-12-19(4)16-8-6-5-7-9-16/h5-12H,1-4H3. The SMILES string of the molecule is Cc1cc(C)c(N=CN(C)c2ccccc2)c(C)c1. The van der Waals surface area contributed by atoms with Gasteiger partial charge in [-0.05, 0) is 44.0 Å². The fraction of sp³-hybridized carbons (Fsp3) is 0.235. The van der Waals surface area contributed by atoms with Crippen LogP contribution in [0.1, 0.15) is 16.7 Å². The van der Waals surface area contributed by atoms with Gasteiger partial charge in [0.1, 0.15) is 0 Å². The molecule has 0 spiro atoms. The number of aryl methyl sites for hydroxylation is 3. The zero-order valence-corrected chi connectivity index (χ0v) is 12.0. The molecule has 98 valence electrons. The van der Waals surface area contributed by atoms with E-state index in [4.69, 9.17) is 0 Å². The third kappa shape index (κ3) is 3.22. The Balaban J connectivity index is 2.24. The normalized spacial score (nSPS) is 10.9. The molecule has 0 radical (unpaired) electrons. The van der Waals surface area contributed by atoms with Crippen molar-refractivity contribution in [2.45, 2.75) is 20.8 Å². The van der Waals surface area contributed by atoms with E-state index in [-0.39, 0.29) is 0 Å². The van der Waals surface area contributed by atoms with Crippen molar-refractivity contribution < 1.29 is 0 Å². The molecule has 2 heteroatoms.